The van der Waals surface area contributed by atoms with Crippen molar-refractivity contribution in [1.29, 1.82) is 0 Å². The first-order valence-electron chi connectivity index (χ1n) is 10.7. The third kappa shape index (κ3) is 3.59. The molecule has 5 rings (SSSR count). The van der Waals surface area contributed by atoms with E-state index in [0.717, 1.165) is 21.9 Å². The van der Waals surface area contributed by atoms with E-state index in [1.165, 1.54) is 4.90 Å². The molecule has 0 aromatic heterocycles. The minimum atomic E-state index is -0.397. The van der Waals surface area contributed by atoms with Crippen LogP contribution >= 0.6 is 11.6 Å². The van der Waals surface area contributed by atoms with Crippen LogP contribution in [0.5, 0.6) is 0 Å². The van der Waals surface area contributed by atoms with E-state index in [4.69, 9.17) is 11.6 Å². The summed E-state index contributed by atoms with van der Waals surface area (Å²) < 4.78 is 0. The Morgan fingerprint density at radius 2 is 1.45 bits per heavy atom. The van der Waals surface area contributed by atoms with Gasteiger partial charge in [-0.1, -0.05) is 83.9 Å². The SMILES string of the molecule is Cc1ccc(C2=C(Nc3cccc(Cl)c3C)C(=O)N(c3cccc4ccccc34)C2=O)cc1. The summed E-state index contributed by atoms with van der Waals surface area (Å²) in [4.78, 5) is 28.8. The summed E-state index contributed by atoms with van der Waals surface area (Å²) in [5.41, 5.74) is 4.38. The molecular formula is C28H21ClN2O2. The maximum Gasteiger partial charge on any atom is 0.282 e. The summed E-state index contributed by atoms with van der Waals surface area (Å²) in [6.07, 6.45) is 0. The predicted molar refractivity (Wildman–Crippen MR) is 134 cm³/mol. The number of rotatable bonds is 4. The third-order valence-electron chi connectivity index (χ3n) is 5.96. The highest BCUT2D eigenvalue weighted by Gasteiger charge is 2.41. The van der Waals surface area contributed by atoms with Crippen molar-refractivity contribution in [1.82, 2.24) is 0 Å². The zero-order chi connectivity index (χ0) is 23.1. The van der Waals surface area contributed by atoms with Crippen LogP contribution in [0, 0.1) is 13.8 Å². The molecule has 0 spiro atoms. The molecule has 1 aliphatic heterocycles. The van der Waals surface area contributed by atoms with Crippen molar-refractivity contribution in [3.63, 3.8) is 0 Å². The number of carbonyl (C=O) groups excluding carboxylic acids is 2. The molecule has 0 aliphatic carbocycles. The highest BCUT2D eigenvalue weighted by atomic mass is 35.5. The van der Waals surface area contributed by atoms with Crippen molar-refractivity contribution in [2.75, 3.05) is 10.2 Å². The number of nitrogens with one attached hydrogen (secondary N) is 1. The fourth-order valence-electron chi connectivity index (χ4n) is 4.13. The van der Waals surface area contributed by atoms with Gasteiger partial charge in [-0.15, -0.1) is 0 Å². The van der Waals surface area contributed by atoms with E-state index in [1.807, 2.05) is 86.6 Å². The number of halogens is 1. The van der Waals surface area contributed by atoms with Crippen LogP contribution in [0.15, 0.2) is 90.6 Å². The van der Waals surface area contributed by atoms with Crippen molar-refractivity contribution < 1.29 is 9.59 Å². The number of amides is 2. The molecule has 1 aliphatic rings. The number of fused-ring (bicyclic) bond motifs is 1. The Morgan fingerprint density at radius 1 is 0.758 bits per heavy atom. The standard InChI is InChI=1S/C28H21ClN2O2/c1-17-13-15-20(16-14-17)25-26(30-23-11-6-10-22(29)18(23)2)28(33)31(27(25)32)24-12-5-8-19-7-3-4-9-21(19)24/h3-16,30H,1-2H3. The Labute approximate surface area is 197 Å². The summed E-state index contributed by atoms with van der Waals surface area (Å²) in [5, 5.41) is 5.60. The van der Waals surface area contributed by atoms with Gasteiger partial charge < -0.3 is 5.32 Å². The lowest BCUT2D eigenvalue weighted by Gasteiger charge is -2.18. The molecular weight excluding hydrogens is 432 g/mol. The first kappa shape index (κ1) is 21.0. The quantitative estimate of drug-likeness (QED) is 0.359. The molecule has 0 bridgehead atoms. The van der Waals surface area contributed by atoms with Gasteiger partial charge in [-0.05, 0) is 48.6 Å². The first-order chi connectivity index (χ1) is 16.0. The Morgan fingerprint density at radius 3 is 2.24 bits per heavy atom. The molecule has 0 unspecified atom stereocenters. The third-order valence-corrected chi connectivity index (χ3v) is 6.37. The van der Waals surface area contributed by atoms with Crippen molar-refractivity contribution >= 4 is 51.1 Å². The average molecular weight is 453 g/mol. The van der Waals surface area contributed by atoms with Crippen LogP contribution in [-0.2, 0) is 9.59 Å². The van der Waals surface area contributed by atoms with Crippen LogP contribution in [-0.4, -0.2) is 11.8 Å². The van der Waals surface area contributed by atoms with Crippen LogP contribution < -0.4 is 10.2 Å². The van der Waals surface area contributed by atoms with Crippen LogP contribution in [0.25, 0.3) is 16.3 Å². The monoisotopic (exact) mass is 452 g/mol. The average Bonchev–Trinajstić information content (AvgIpc) is 3.06. The number of carbonyl (C=O) groups is 2. The summed E-state index contributed by atoms with van der Waals surface area (Å²) in [6.45, 7) is 3.86. The molecule has 1 N–H and O–H groups in total. The molecule has 4 nitrogen and oxygen atoms in total. The van der Waals surface area contributed by atoms with Crippen LogP contribution in [0.1, 0.15) is 16.7 Å². The lowest BCUT2D eigenvalue weighted by Crippen LogP contribution is -2.32. The van der Waals surface area contributed by atoms with Crippen LogP contribution in [0.2, 0.25) is 5.02 Å². The highest BCUT2D eigenvalue weighted by Crippen LogP contribution is 2.37. The number of benzene rings is 4. The van der Waals surface area contributed by atoms with E-state index in [1.54, 1.807) is 12.1 Å². The van der Waals surface area contributed by atoms with E-state index >= 15 is 0 Å². The number of imide groups is 1. The van der Waals surface area contributed by atoms with Gasteiger partial charge in [-0.25, -0.2) is 4.90 Å². The maximum atomic E-state index is 13.8. The van der Waals surface area contributed by atoms with Gasteiger partial charge in [0.05, 0.1) is 11.3 Å². The molecule has 4 aromatic rings. The Kier molecular flexibility index (Phi) is 5.23. The molecule has 2 amide bonds. The number of hydrogen-bond donors (Lipinski definition) is 1. The van der Waals surface area contributed by atoms with Gasteiger partial charge in [-0.3, -0.25) is 9.59 Å². The minimum absolute atomic E-state index is 0.238. The minimum Gasteiger partial charge on any atom is -0.350 e. The van der Waals surface area contributed by atoms with E-state index in [-0.39, 0.29) is 11.6 Å². The van der Waals surface area contributed by atoms with Gasteiger partial charge in [-0.2, -0.15) is 0 Å². The smallest absolute Gasteiger partial charge is 0.282 e. The van der Waals surface area contributed by atoms with Gasteiger partial charge in [0.25, 0.3) is 11.8 Å². The summed E-state index contributed by atoms with van der Waals surface area (Å²) >= 11 is 6.31. The summed E-state index contributed by atoms with van der Waals surface area (Å²) in [7, 11) is 0. The van der Waals surface area contributed by atoms with E-state index in [0.29, 0.717) is 27.5 Å². The summed E-state index contributed by atoms with van der Waals surface area (Å²) in [6, 6.07) is 26.4. The highest BCUT2D eigenvalue weighted by molar-refractivity contribution is 6.47. The van der Waals surface area contributed by atoms with Crippen molar-refractivity contribution in [2.45, 2.75) is 13.8 Å². The van der Waals surface area contributed by atoms with Gasteiger partial charge in [0.1, 0.15) is 5.70 Å². The van der Waals surface area contributed by atoms with Gasteiger partial charge >= 0.3 is 0 Å². The zero-order valence-corrected chi connectivity index (χ0v) is 19.0. The van der Waals surface area contributed by atoms with Gasteiger partial charge in [0.2, 0.25) is 0 Å². The van der Waals surface area contributed by atoms with Crippen LogP contribution in [0.4, 0.5) is 11.4 Å². The summed E-state index contributed by atoms with van der Waals surface area (Å²) in [5.74, 6) is -0.756. The second-order valence-electron chi connectivity index (χ2n) is 8.10. The van der Waals surface area contributed by atoms with Crippen molar-refractivity contribution in [3.05, 3.63) is 112 Å². The normalized spacial score (nSPS) is 13.8. The number of aryl methyl sites for hydroxylation is 1. The molecule has 5 heteroatoms. The first-order valence-corrected chi connectivity index (χ1v) is 11.0. The zero-order valence-electron chi connectivity index (χ0n) is 18.2. The molecule has 1 heterocycles. The van der Waals surface area contributed by atoms with Crippen molar-refractivity contribution in [2.24, 2.45) is 0 Å². The Balaban J connectivity index is 1.68. The van der Waals surface area contributed by atoms with E-state index in [9.17, 15) is 9.59 Å². The second kappa shape index (κ2) is 8.23. The molecule has 33 heavy (non-hydrogen) atoms. The van der Waals surface area contributed by atoms with E-state index < -0.39 is 5.91 Å². The van der Waals surface area contributed by atoms with Crippen molar-refractivity contribution in [3.8, 4) is 0 Å². The second-order valence-corrected chi connectivity index (χ2v) is 8.50. The largest absolute Gasteiger partial charge is 0.350 e. The lowest BCUT2D eigenvalue weighted by molar-refractivity contribution is -0.120. The Bertz CT molecular complexity index is 1450. The molecule has 0 saturated carbocycles. The fraction of sp³-hybridized carbons (Fsp3) is 0.0714. The Hall–Kier alpha value is -3.89. The van der Waals surface area contributed by atoms with Crippen LogP contribution in [0.3, 0.4) is 0 Å². The fourth-order valence-corrected chi connectivity index (χ4v) is 4.31. The topological polar surface area (TPSA) is 49.4 Å². The number of hydrogen-bond acceptors (Lipinski definition) is 3. The molecule has 0 atom stereocenters. The molecule has 4 aromatic carbocycles. The van der Waals surface area contributed by atoms with E-state index in [2.05, 4.69) is 5.32 Å². The lowest BCUT2D eigenvalue weighted by atomic mass is 10.0. The number of nitrogens with zero attached hydrogens (tertiary/aromatic N) is 1. The number of anilines is 2. The molecule has 0 saturated heterocycles. The molecule has 162 valence electrons. The molecule has 0 radical (unpaired) electrons. The predicted octanol–water partition coefficient (Wildman–Crippen LogP) is 6.51. The van der Waals surface area contributed by atoms with Gasteiger partial charge in [0.15, 0.2) is 0 Å². The maximum absolute atomic E-state index is 13.8. The van der Waals surface area contributed by atoms with Gasteiger partial charge in [0, 0.05) is 16.1 Å². The molecule has 0 fully saturated rings.